The van der Waals surface area contributed by atoms with Crippen molar-refractivity contribution in [2.45, 2.75) is 290 Å². The van der Waals surface area contributed by atoms with E-state index in [4.69, 9.17) is 14.2 Å². The topological polar surface area (TPSA) is 78.9 Å². The van der Waals surface area contributed by atoms with Crippen molar-refractivity contribution >= 4 is 17.9 Å². The van der Waals surface area contributed by atoms with Crippen molar-refractivity contribution < 1.29 is 28.6 Å². The molecule has 1 unspecified atom stereocenters. The molecular formula is C62H108O6. The number of hydrogen-bond donors (Lipinski definition) is 0. The van der Waals surface area contributed by atoms with Gasteiger partial charge in [0.1, 0.15) is 13.2 Å². The van der Waals surface area contributed by atoms with Gasteiger partial charge in [0.15, 0.2) is 6.10 Å². The lowest BCUT2D eigenvalue weighted by Crippen LogP contribution is -2.30. The number of unbranched alkanes of at least 4 members (excludes halogenated alkanes) is 30. The summed E-state index contributed by atoms with van der Waals surface area (Å²) in [6.07, 6.45) is 71.7. The molecule has 6 heteroatoms. The molecular weight excluding hydrogens is 841 g/mol. The maximum atomic E-state index is 12.9. The fourth-order valence-corrected chi connectivity index (χ4v) is 8.09. The minimum absolute atomic E-state index is 0.0814. The molecule has 0 aromatic heterocycles. The first-order chi connectivity index (χ1) is 33.5. The van der Waals surface area contributed by atoms with E-state index >= 15 is 0 Å². The van der Waals surface area contributed by atoms with Crippen LogP contribution in [0.15, 0.2) is 72.9 Å². The Labute approximate surface area is 421 Å². The Kier molecular flexibility index (Phi) is 53.8. The molecule has 0 heterocycles. The predicted octanol–water partition coefficient (Wildman–Crippen LogP) is 19.4. The van der Waals surface area contributed by atoms with Crippen LogP contribution < -0.4 is 0 Å². The van der Waals surface area contributed by atoms with Gasteiger partial charge in [-0.2, -0.15) is 0 Å². The van der Waals surface area contributed by atoms with Gasteiger partial charge in [-0.25, -0.2) is 0 Å². The maximum absolute atomic E-state index is 12.9. The van der Waals surface area contributed by atoms with E-state index in [0.717, 1.165) is 83.5 Å². The maximum Gasteiger partial charge on any atom is 0.306 e. The standard InChI is InChI=1S/C62H108O6/c1-4-7-10-13-16-19-22-25-27-29-31-33-35-37-40-43-46-49-52-55-61(64)67-58-59(57-66-60(63)54-51-48-45-42-39-24-21-18-15-12-9-6-3)68-62(65)56-53-50-47-44-41-38-36-34-32-30-28-26-23-20-17-14-11-8-5-2/h7,10,16-21,23,25-27,59H,4-6,8-9,11-15,22,24,28-58H2,1-3H3/b10-7-,19-16-,20-17-,21-18-,26-23-,27-25-. The molecule has 0 aromatic carbocycles. The molecule has 0 amide bonds. The summed E-state index contributed by atoms with van der Waals surface area (Å²) < 4.78 is 16.9. The molecule has 392 valence electrons. The van der Waals surface area contributed by atoms with E-state index < -0.39 is 6.10 Å². The lowest BCUT2D eigenvalue weighted by Gasteiger charge is -2.18. The molecule has 0 saturated carbocycles. The van der Waals surface area contributed by atoms with Crippen LogP contribution in [0.4, 0.5) is 0 Å². The highest BCUT2D eigenvalue weighted by atomic mass is 16.6. The first-order valence-corrected chi connectivity index (χ1v) is 29.0. The fourth-order valence-electron chi connectivity index (χ4n) is 8.09. The summed E-state index contributed by atoms with van der Waals surface area (Å²) in [5.41, 5.74) is 0. The number of carbonyl (C=O) groups excluding carboxylic acids is 3. The summed E-state index contributed by atoms with van der Waals surface area (Å²) in [7, 11) is 0. The van der Waals surface area contributed by atoms with Gasteiger partial charge < -0.3 is 14.2 Å². The minimum atomic E-state index is -0.783. The SMILES string of the molecule is CC/C=C\C/C=C\C/C=C\CCCCCCCCCCCC(=O)OCC(COC(=O)CCCCCCC/C=C\CCCCC)OC(=O)CCCCCCCCCCCC/C=C\C=C/CCCCC. The zero-order valence-electron chi connectivity index (χ0n) is 44.9. The Hall–Kier alpha value is -3.15. The number of ether oxygens (including phenoxy) is 3. The average molecular weight is 950 g/mol. The van der Waals surface area contributed by atoms with Gasteiger partial charge in [-0.15, -0.1) is 0 Å². The highest BCUT2D eigenvalue weighted by molar-refractivity contribution is 5.71. The number of carbonyl (C=O) groups is 3. The normalized spacial score (nSPS) is 12.6. The largest absolute Gasteiger partial charge is 0.462 e. The minimum Gasteiger partial charge on any atom is -0.462 e. The van der Waals surface area contributed by atoms with Crippen LogP contribution in [0.3, 0.4) is 0 Å². The van der Waals surface area contributed by atoms with Crippen molar-refractivity contribution in [3.05, 3.63) is 72.9 Å². The molecule has 0 saturated heterocycles. The molecule has 0 bridgehead atoms. The monoisotopic (exact) mass is 949 g/mol. The van der Waals surface area contributed by atoms with Crippen molar-refractivity contribution in [3.63, 3.8) is 0 Å². The number of rotatable bonds is 52. The lowest BCUT2D eigenvalue weighted by molar-refractivity contribution is -0.167. The van der Waals surface area contributed by atoms with E-state index in [1.54, 1.807) is 0 Å². The van der Waals surface area contributed by atoms with Gasteiger partial charge in [0.25, 0.3) is 0 Å². The van der Waals surface area contributed by atoms with E-state index in [2.05, 4.69) is 93.7 Å². The molecule has 68 heavy (non-hydrogen) atoms. The van der Waals surface area contributed by atoms with Gasteiger partial charge in [0.05, 0.1) is 0 Å². The zero-order chi connectivity index (χ0) is 49.3. The van der Waals surface area contributed by atoms with Crippen LogP contribution in [0.2, 0.25) is 0 Å². The van der Waals surface area contributed by atoms with E-state index in [9.17, 15) is 14.4 Å². The van der Waals surface area contributed by atoms with Crippen molar-refractivity contribution in [3.8, 4) is 0 Å². The highest BCUT2D eigenvalue weighted by Gasteiger charge is 2.19. The Morgan fingerprint density at radius 2 is 0.618 bits per heavy atom. The van der Waals surface area contributed by atoms with Crippen molar-refractivity contribution in [1.82, 2.24) is 0 Å². The third-order valence-corrected chi connectivity index (χ3v) is 12.4. The summed E-state index contributed by atoms with van der Waals surface area (Å²) in [5.74, 6) is -0.891. The second-order valence-electron chi connectivity index (χ2n) is 19.2. The van der Waals surface area contributed by atoms with E-state index in [1.807, 2.05) is 0 Å². The smallest absolute Gasteiger partial charge is 0.306 e. The lowest BCUT2D eigenvalue weighted by atomic mass is 10.1. The molecule has 0 radical (unpaired) electrons. The molecule has 0 aliphatic carbocycles. The van der Waals surface area contributed by atoms with Gasteiger partial charge in [-0.05, 0) is 103 Å². The summed E-state index contributed by atoms with van der Waals surface area (Å²) in [4.78, 5) is 38.1. The number of esters is 3. The summed E-state index contributed by atoms with van der Waals surface area (Å²) in [5, 5.41) is 0. The summed E-state index contributed by atoms with van der Waals surface area (Å²) >= 11 is 0. The Bertz CT molecular complexity index is 1270. The molecule has 0 aliphatic heterocycles. The van der Waals surface area contributed by atoms with Crippen LogP contribution in [0.1, 0.15) is 284 Å². The van der Waals surface area contributed by atoms with Crippen molar-refractivity contribution in [1.29, 1.82) is 0 Å². The Morgan fingerprint density at radius 3 is 1.00 bits per heavy atom. The van der Waals surface area contributed by atoms with Crippen LogP contribution in [0, 0.1) is 0 Å². The predicted molar refractivity (Wildman–Crippen MR) is 293 cm³/mol. The van der Waals surface area contributed by atoms with Crippen LogP contribution >= 0.6 is 0 Å². The second-order valence-corrected chi connectivity index (χ2v) is 19.2. The molecule has 1 atom stereocenters. The Balaban J connectivity index is 4.35. The average Bonchev–Trinajstić information content (AvgIpc) is 3.34. The van der Waals surface area contributed by atoms with Crippen LogP contribution in [0.25, 0.3) is 0 Å². The fraction of sp³-hybridized carbons (Fsp3) is 0.758. The third kappa shape index (κ3) is 53.8. The number of hydrogen-bond acceptors (Lipinski definition) is 6. The van der Waals surface area contributed by atoms with E-state index in [1.165, 1.54) is 161 Å². The van der Waals surface area contributed by atoms with Gasteiger partial charge in [-0.3, -0.25) is 14.4 Å². The molecule has 0 spiro atoms. The molecule has 0 rings (SSSR count). The van der Waals surface area contributed by atoms with E-state index in [0.29, 0.717) is 19.3 Å². The zero-order valence-corrected chi connectivity index (χ0v) is 44.9. The molecule has 6 nitrogen and oxygen atoms in total. The van der Waals surface area contributed by atoms with Gasteiger partial charge >= 0.3 is 17.9 Å². The quantitative estimate of drug-likeness (QED) is 0.0199. The first kappa shape index (κ1) is 64.8. The van der Waals surface area contributed by atoms with Crippen LogP contribution in [-0.2, 0) is 28.6 Å². The van der Waals surface area contributed by atoms with Gasteiger partial charge in [-0.1, -0.05) is 235 Å². The third-order valence-electron chi connectivity index (χ3n) is 12.4. The van der Waals surface area contributed by atoms with Gasteiger partial charge in [0.2, 0.25) is 0 Å². The summed E-state index contributed by atoms with van der Waals surface area (Å²) in [6, 6.07) is 0. The van der Waals surface area contributed by atoms with Crippen molar-refractivity contribution in [2.75, 3.05) is 13.2 Å². The second kappa shape index (κ2) is 56.4. The molecule has 0 N–H and O–H groups in total. The Morgan fingerprint density at radius 1 is 0.324 bits per heavy atom. The van der Waals surface area contributed by atoms with E-state index in [-0.39, 0.29) is 31.1 Å². The number of allylic oxidation sites excluding steroid dienone is 12. The first-order valence-electron chi connectivity index (χ1n) is 29.0. The van der Waals surface area contributed by atoms with Crippen LogP contribution in [-0.4, -0.2) is 37.2 Å². The molecule has 0 fully saturated rings. The van der Waals surface area contributed by atoms with Crippen molar-refractivity contribution in [2.24, 2.45) is 0 Å². The van der Waals surface area contributed by atoms with Crippen LogP contribution in [0.5, 0.6) is 0 Å². The molecule has 0 aromatic rings. The summed E-state index contributed by atoms with van der Waals surface area (Å²) in [6.45, 7) is 6.48. The van der Waals surface area contributed by atoms with Gasteiger partial charge in [0, 0.05) is 19.3 Å². The molecule has 0 aliphatic rings. The highest BCUT2D eigenvalue weighted by Crippen LogP contribution is 2.16.